The SMILES string of the molecule is CC.CC.CC.CC.CC.CC.CC.CC.CC.CC.CC.CC.CC.CC.CC(=O)c1ccc2c(=O)n(C)nnc2c1.CCC(=O)NC.CCC(=S)NC.CCNC.CCS(=O)(=O)NC.CCS(=O)(=O)NC.CN=C(N)CSC.CNC(=O)NC.CNC(=S)NC.CNCC(C)=O.CNc1ccc(C)cc1.Cc1cc(C(=O)[O-])cc[n+]1C. The molecule has 2 heterocycles. The number of nitrogens with two attached hydrogens (primary N) is 1. The fourth-order valence-corrected chi connectivity index (χ4v) is 5.23. The lowest BCUT2D eigenvalue weighted by molar-refractivity contribution is -0.677. The quantitative estimate of drug-likeness (QED) is 0.0183. The van der Waals surface area contributed by atoms with Crippen LogP contribution in [0.15, 0.2) is 70.6 Å². The van der Waals surface area contributed by atoms with Crippen LogP contribution in [0.2, 0.25) is 0 Å². The van der Waals surface area contributed by atoms with Gasteiger partial charge in [0, 0.05) is 106 Å². The molecule has 4 rings (SSSR count). The molecule has 118 heavy (non-hydrogen) atoms. The van der Waals surface area contributed by atoms with E-state index in [0.717, 1.165) is 34.1 Å². The average molecular weight is 1790 g/mol. The number of Topliss-reactive ketones (excluding diaryl/α,β-unsaturated/α-hetero) is 2. The number of carboxylic acid groups (broad SMARTS) is 1. The molecule has 714 valence electrons. The molecule has 0 atom stereocenters. The van der Waals surface area contributed by atoms with E-state index >= 15 is 0 Å². The highest BCUT2D eigenvalue weighted by Crippen LogP contribution is 2.10. The van der Waals surface area contributed by atoms with E-state index in [1.165, 1.54) is 45.4 Å². The van der Waals surface area contributed by atoms with Gasteiger partial charge in [0.15, 0.2) is 22.8 Å². The van der Waals surface area contributed by atoms with Crippen molar-refractivity contribution in [1.29, 1.82) is 0 Å². The summed E-state index contributed by atoms with van der Waals surface area (Å²) in [7, 11) is 17.8. The fourth-order valence-electron chi connectivity index (χ4n) is 4.23. The Bertz CT molecular complexity index is 2770. The summed E-state index contributed by atoms with van der Waals surface area (Å²) in [5.41, 5.74) is 9.67. The molecule has 0 saturated carbocycles. The number of urea groups is 1. The number of carbonyl (C=O) groups is 5. The third-order valence-corrected chi connectivity index (χ3v) is 14.3. The van der Waals surface area contributed by atoms with E-state index in [4.69, 9.17) is 18.0 Å². The number of benzene rings is 2. The highest BCUT2D eigenvalue weighted by atomic mass is 32.2. The van der Waals surface area contributed by atoms with Gasteiger partial charge in [-0.25, -0.2) is 40.3 Å². The monoisotopic (exact) mass is 1790 g/mol. The van der Waals surface area contributed by atoms with Gasteiger partial charge in [-0.2, -0.15) is 11.8 Å². The van der Waals surface area contributed by atoms with Crippen LogP contribution in [0, 0.1) is 13.8 Å². The zero-order valence-corrected chi connectivity index (χ0v) is 89.7. The molecule has 2 aromatic heterocycles. The van der Waals surface area contributed by atoms with E-state index in [2.05, 4.69) is 123 Å². The molecule has 33 heteroatoms. The van der Waals surface area contributed by atoms with E-state index in [0.29, 0.717) is 40.4 Å². The lowest BCUT2D eigenvalue weighted by atomic mass is 10.1. The predicted molar refractivity (Wildman–Crippen MR) is 539 cm³/mol. The minimum absolute atomic E-state index is 0.0561. The van der Waals surface area contributed by atoms with Crippen molar-refractivity contribution in [1.82, 2.24) is 67.0 Å². The van der Waals surface area contributed by atoms with E-state index in [1.54, 1.807) is 112 Å². The average Bonchev–Trinajstić information content (AvgIpc) is 0.808. The molecule has 0 aliphatic rings. The van der Waals surface area contributed by atoms with Crippen molar-refractivity contribution in [3.63, 3.8) is 0 Å². The number of rotatable bonds is 14. The number of aryl methyl sites for hydroxylation is 4. The number of aromatic carboxylic acids is 1. The molecule has 0 bridgehead atoms. The van der Waals surface area contributed by atoms with Crippen molar-refractivity contribution in [2.24, 2.45) is 24.8 Å². The number of thioether (sulfide) groups is 1. The Morgan fingerprint density at radius 1 is 0.551 bits per heavy atom. The number of carboxylic acids is 1. The van der Waals surface area contributed by atoms with Crippen LogP contribution in [0.5, 0.6) is 0 Å². The van der Waals surface area contributed by atoms with Crippen molar-refractivity contribution >= 4 is 118 Å². The van der Waals surface area contributed by atoms with Crippen molar-refractivity contribution in [3.05, 3.63) is 93.5 Å². The number of aromatic nitrogens is 4. The number of hydrogen-bond acceptors (Lipinski definition) is 20. The number of thiocarbonyl (C=S) groups is 2. The Morgan fingerprint density at radius 3 is 1.09 bits per heavy atom. The first kappa shape index (κ1) is 170. The van der Waals surface area contributed by atoms with Crippen molar-refractivity contribution < 1.29 is 50.5 Å². The molecule has 0 spiro atoms. The first-order valence-corrected chi connectivity index (χ1v) is 47.3. The highest BCUT2D eigenvalue weighted by Gasteiger charge is 2.06. The third kappa shape index (κ3) is 161. The van der Waals surface area contributed by atoms with Crippen molar-refractivity contribution in [3.8, 4) is 0 Å². The van der Waals surface area contributed by atoms with Crippen molar-refractivity contribution in [2.75, 3.05) is 126 Å². The van der Waals surface area contributed by atoms with Crippen LogP contribution < -0.4 is 78.3 Å². The number of pyridine rings is 1. The molecule has 0 saturated heterocycles. The summed E-state index contributed by atoms with van der Waals surface area (Å²) in [4.78, 5) is 67.7. The number of amides is 3. The molecule has 3 amide bonds. The number of nitrogens with one attached hydrogen (secondary N) is 11. The number of carbonyl (C=O) groups excluding carboxylic acids is 5. The molecule has 0 aliphatic carbocycles. The number of likely N-dealkylation sites (N-methyl/N-ethyl adjacent to an activating group) is 1. The van der Waals surface area contributed by atoms with Crippen LogP contribution in [0.1, 0.15) is 287 Å². The van der Waals surface area contributed by atoms with Gasteiger partial charge < -0.3 is 63.5 Å². The van der Waals surface area contributed by atoms with Gasteiger partial charge in [0.2, 0.25) is 26.0 Å². The van der Waals surface area contributed by atoms with Gasteiger partial charge in [0.05, 0.1) is 40.1 Å². The van der Waals surface area contributed by atoms with Crippen molar-refractivity contribution in [2.45, 2.75) is 269 Å². The van der Waals surface area contributed by atoms with Gasteiger partial charge in [0.1, 0.15) is 24.2 Å². The second kappa shape index (κ2) is 158. The van der Waals surface area contributed by atoms with Gasteiger partial charge in [-0.05, 0) is 119 Å². The number of hydrogen-bond donors (Lipinski definition) is 12. The summed E-state index contributed by atoms with van der Waals surface area (Å²) >= 11 is 11.1. The number of amidine groups is 1. The minimum Gasteiger partial charge on any atom is -0.545 e. The van der Waals surface area contributed by atoms with E-state index < -0.39 is 26.0 Å². The highest BCUT2D eigenvalue weighted by molar-refractivity contribution is 7.99. The molecule has 13 N–H and O–H groups in total. The molecule has 28 nitrogen and oxygen atoms in total. The molecule has 0 fully saturated rings. The summed E-state index contributed by atoms with van der Waals surface area (Å²) in [6, 6.07) is 16.0. The second-order valence-corrected chi connectivity index (χ2v) is 23.1. The maximum Gasteiger partial charge on any atom is 0.314 e. The zero-order valence-electron chi connectivity index (χ0n) is 85.6. The Kier molecular flexibility index (Phi) is 227. The summed E-state index contributed by atoms with van der Waals surface area (Å²) in [5, 5.41) is 43.2. The number of fused-ring (bicyclic) bond motifs is 1. The smallest absolute Gasteiger partial charge is 0.314 e. The van der Waals surface area contributed by atoms with Gasteiger partial charge in [0.25, 0.3) is 5.56 Å². The number of nitrogens with zero attached hydrogens (tertiary/aromatic N) is 5. The van der Waals surface area contributed by atoms with Gasteiger partial charge >= 0.3 is 6.03 Å². The first-order valence-electron chi connectivity index (χ1n) is 41.8. The van der Waals surface area contributed by atoms with Gasteiger partial charge in [-0.3, -0.25) is 24.2 Å². The van der Waals surface area contributed by atoms with Crippen LogP contribution in [-0.4, -0.2) is 198 Å². The Morgan fingerprint density at radius 2 is 0.924 bits per heavy atom. The standard InChI is InChI=1S/C10H9N3O2.C8H9NO2.C8H11N.C4H10N2S.2C4H9NO.C4H9NS.C3H8N2O.C3H8N2S.2C3H9NO2S.C3H9N.14C2H6/c1-6(14)7-3-4-8-9(5-7)11-12-13(2)10(8)15;1-6-5-7(8(10)11)3-4-9(6)2;1-7-3-5-8(9-2)6-4-7;1-6-4(5)3-7-2;1-4(6)3-5-2;2*1-3-4(6)5-2;2*1-4-3(6)5-2;2*1-3-7(5,6)4-2;1-3-4-2;14*1-2/h3-5H,1-2H3;3-5H,1-2H3;3-6,9H,1-2H3;3H2,1-2H3,(H2,5,6);5H,3H2,1-2H3;2*3H2,1-2H3,(H,5,6);2*1-2H3,(H2,4,5,6);2*4H,3H2,1-2H3;4H,3H2,1-2H3;14*1-2H3. The Balaban J connectivity index is -0.0000000419. The summed E-state index contributed by atoms with van der Waals surface area (Å²) < 4.78 is 48.4. The number of sulfonamides is 2. The molecular weight excluding hydrogens is 1600 g/mol. The number of anilines is 1. The second-order valence-electron chi connectivity index (χ2n) is 16.9. The molecule has 2 aromatic carbocycles. The Labute approximate surface area is 744 Å². The molecular formula is C85H193N17O11S5. The fraction of sp³-hybridized carbons (Fsp3) is 0.694. The summed E-state index contributed by atoms with van der Waals surface area (Å²) in [6.45, 7) is 73.6. The summed E-state index contributed by atoms with van der Waals surface area (Å²) in [6.07, 6.45) is 5.22. The van der Waals surface area contributed by atoms with Crippen LogP contribution in [0.3, 0.4) is 0 Å². The minimum atomic E-state index is -2.91. The third-order valence-electron chi connectivity index (χ3n) is 10.0. The van der Waals surface area contributed by atoms with E-state index in [9.17, 15) is 50.7 Å². The van der Waals surface area contributed by atoms with Gasteiger partial charge in [-0.15, -0.1) is 5.10 Å². The van der Waals surface area contributed by atoms with E-state index in [-0.39, 0.29) is 46.1 Å². The van der Waals surface area contributed by atoms with Gasteiger partial charge in [-0.1, -0.05) is 256 Å². The maximum absolute atomic E-state index is 11.6. The molecule has 0 aliphatic heterocycles. The normalized spacial score (nSPS) is 7.92. The van der Waals surface area contributed by atoms with Crippen LogP contribution in [0.4, 0.5) is 10.5 Å². The predicted octanol–water partition coefficient (Wildman–Crippen LogP) is 15.9. The number of aliphatic imine (C=N–C) groups is 1. The van der Waals surface area contributed by atoms with E-state index in [1.807, 2.05) is 254 Å². The zero-order chi connectivity index (χ0) is 100. The maximum atomic E-state index is 11.6. The molecule has 0 radical (unpaired) electrons. The summed E-state index contributed by atoms with van der Waals surface area (Å²) in [5.74, 6) is 0.955. The van der Waals surface area contributed by atoms with Crippen LogP contribution in [0.25, 0.3) is 10.9 Å². The molecule has 0 unspecified atom stereocenters. The van der Waals surface area contributed by atoms with Crippen LogP contribution in [-0.2, 0) is 43.7 Å². The first-order chi connectivity index (χ1) is 56.0. The molecule has 4 aromatic rings. The lowest BCUT2D eigenvalue weighted by Gasteiger charge is -2.00. The number of ketones is 2. The topological polar surface area (TPSA) is 399 Å². The Hall–Kier alpha value is -6.85. The largest absolute Gasteiger partial charge is 0.545 e. The van der Waals surface area contributed by atoms with Crippen LogP contribution >= 0.6 is 36.2 Å². The lowest BCUT2D eigenvalue weighted by Crippen LogP contribution is -2.33.